The summed E-state index contributed by atoms with van der Waals surface area (Å²) in [6.07, 6.45) is 0. The molecule has 0 fully saturated rings. The first-order valence-corrected chi connectivity index (χ1v) is 5.71. The van der Waals surface area contributed by atoms with Crippen LogP contribution < -0.4 is 22.1 Å². The quantitative estimate of drug-likeness (QED) is 0.318. The van der Waals surface area contributed by atoms with Crippen LogP contribution in [0.3, 0.4) is 0 Å². The van der Waals surface area contributed by atoms with Gasteiger partial charge in [0, 0.05) is 17.2 Å². The largest absolute Gasteiger partial charge is 0.507 e. The molecule has 0 aliphatic carbocycles. The van der Waals surface area contributed by atoms with E-state index in [1.807, 2.05) is 5.43 Å². The minimum Gasteiger partial charge on any atom is -0.507 e. The number of nitrogens with two attached hydrogens (primary N) is 2. The zero-order chi connectivity index (χ0) is 14.7. The van der Waals surface area contributed by atoms with Crippen LogP contribution in [0.5, 0.6) is 11.5 Å². The van der Waals surface area contributed by atoms with Crippen molar-refractivity contribution < 1.29 is 15.0 Å². The van der Waals surface area contributed by atoms with E-state index in [4.69, 9.17) is 11.7 Å². The molecule has 20 heavy (non-hydrogen) atoms. The first kappa shape index (κ1) is 13.7. The molecule has 0 spiro atoms. The van der Waals surface area contributed by atoms with Crippen LogP contribution in [0.25, 0.3) is 11.1 Å². The Morgan fingerprint density at radius 2 is 1.70 bits per heavy atom. The second-order valence-electron chi connectivity index (χ2n) is 4.04. The number of hydrogen-bond acceptors (Lipinski definition) is 5. The molecule has 0 heterocycles. The molecule has 104 valence electrons. The van der Waals surface area contributed by atoms with E-state index in [1.165, 1.54) is 18.2 Å². The number of nitrogens with zero attached hydrogens (tertiary/aromatic N) is 1. The molecule has 2 rings (SSSR count). The number of para-hydroxylation sites is 1. The molecule has 0 radical (unpaired) electrons. The predicted molar refractivity (Wildman–Crippen MR) is 74.6 cm³/mol. The molecule has 0 aliphatic rings. The summed E-state index contributed by atoms with van der Waals surface area (Å²) >= 11 is 0. The topological polar surface area (TPSA) is 125 Å². The number of rotatable bonds is 2. The van der Waals surface area contributed by atoms with Crippen molar-refractivity contribution in [3.63, 3.8) is 0 Å². The Bertz CT molecular complexity index is 645. The van der Waals surface area contributed by atoms with Crippen molar-refractivity contribution in [2.24, 2.45) is 11.7 Å². The van der Waals surface area contributed by atoms with Crippen molar-refractivity contribution in [3.8, 4) is 22.6 Å². The second kappa shape index (κ2) is 5.47. The van der Waals surface area contributed by atoms with Gasteiger partial charge in [-0.2, -0.15) is 0 Å². The lowest BCUT2D eigenvalue weighted by Crippen LogP contribution is -2.47. The maximum atomic E-state index is 11.3. The normalized spacial score (nSPS) is 10.1. The molecule has 2 aromatic rings. The van der Waals surface area contributed by atoms with Gasteiger partial charge in [0.2, 0.25) is 0 Å². The fourth-order valence-corrected chi connectivity index (χ4v) is 1.79. The molecule has 2 amide bonds. The molecule has 7 heteroatoms. The summed E-state index contributed by atoms with van der Waals surface area (Å²) < 4.78 is 0. The van der Waals surface area contributed by atoms with Gasteiger partial charge in [-0.25, -0.2) is 21.5 Å². The number of phenols is 2. The molecule has 7 N–H and O–H groups in total. The van der Waals surface area contributed by atoms with Gasteiger partial charge in [0.15, 0.2) is 0 Å². The van der Waals surface area contributed by atoms with Gasteiger partial charge in [-0.3, -0.25) is 5.43 Å². The Morgan fingerprint density at radius 1 is 1.05 bits per heavy atom. The van der Waals surface area contributed by atoms with E-state index < -0.39 is 6.03 Å². The predicted octanol–water partition coefficient (Wildman–Crippen LogP) is 1.03. The van der Waals surface area contributed by atoms with Crippen molar-refractivity contribution in [2.45, 2.75) is 0 Å². The van der Waals surface area contributed by atoms with Crippen molar-refractivity contribution in [1.82, 2.24) is 5.43 Å². The zero-order valence-electron chi connectivity index (χ0n) is 10.4. The third-order valence-electron chi connectivity index (χ3n) is 2.80. The number of urea groups is 1. The van der Waals surface area contributed by atoms with Gasteiger partial charge >= 0.3 is 6.03 Å². The number of amides is 2. The summed E-state index contributed by atoms with van der Waals surface area (Å²) in [5.41, 5.74) is 3.03. The zero-order valence-corrected chi connectivity index (χ0v) is 10.4. The van der Waals surface area contributed by atoms with Gasteiger partial charge in [-0.1, -0.05) is 18.2 Å². The van der Waals surface area contributed by atoms with Crippen molar-refractivity contribution in [1.29, 1.82) is 0 Å². The minimum absolute atomic E-state index is 0.0415. The highest BCUT2D eigenvalue weighted by molar-refractivity contribution is 5.91. The van der Waals surface area contributed by atoms with E-state index >= 15 is 0 Å². The van der Waals surface area contributed by atoms with Crippen LogP contribution in [-0.2, 0) is 0 Å². The smallest absolute Gasteiger partial charge is 0.350 e. The maximum Gasteiger partial charge on any atom is 0.350 e. The first-order valence-electron chi connectivity index (χ1n) is 5.71. The summed E-state index contributed by atoms with van der Waals surface area (Å²) in [6, 6.07) is 10.2. The molecule has 0 aliphatic heterocycles. The number of phenolic OH excluding ortho intramolecular Hbond substituents is 2. The third-order valence-corrected chi connectivity index (χ3v) is 2.80. The average molecular weight is 274 g/mol. The number of hydrogen-bond donors (Lipinski definition) is 5. The van der Waals surface area contributed by atoms with Gasteiger partial charge in [0.25, 0.3) is 0 Å². The number of benzene rings is 2. The van der Waals surface area contributed by atoms with E-state index in [1.54, 1.807) is 24.3 Å². The lowest BCUT2D eigenvalue weighted by atomic mass is 10.0. The fourth-order valence-electron chi connectivity index (χ4n) is 1.79. The molecular weight excluding hydrogens is 260 g/mol. The second-order valence-corrected chi connectivity index (χ2v) is 4.04. The van der Waals surface area contributed by atoms with E-state index in [-0.39, 0.29) is 17.2 Å². The van der Waals surface area contributed by atoms with Crippen LogP contribution in [0.1, 0.15) is 0 Å². The van der Waals surface area contributed by atoms with Crippen LogP contribution in [0.15, 0.2) is 42.5 Å². The van der Waals surface area contributed by atoms with Crippen molar-refractivity contribution >= 4 is 11.7 Å². The number of anilines is 1. The van der Waals surface area contributed by atoms with Gasteiger partial charge in [0.1, 0.15) is 11.5 Å². The lowest BCUT2D eigenvalue weighted by Gasteiger charge is -2.17. The Balaban J connectivity index is 2.41. The number of carbonyl (C=O) groups is 1. The van der Waals surface area contributed by atoms with Crippen LogP contribution in [-0.4, -0.2) is 16.2 Å². The molecule has 0 bridgehead atoms. The van der Waals surface area contributed by atoms with Gasteiger partial charge < -0.3 is 10.2 Å². The third kappa shape index (κ3) is 2.48. The summed E-state index contributed by atoms with van der Waals surface area (Å²) in [5.74, 6) is 10.4. The summed E-state index contributed by atoms with van der Waals surface area (Å²) in [6.45, 7) is 0. The molecule has 2 aromatic carbocycles. The number of aromatic hydroxyl groups is 2. The van der Waals surface area contributed by atoms with Crippen LogP contribution in [0, 0.1) is 0 Å². The molecule has 0 unspecified atom stereocenters. The highest BCUT2D eigenvalue weighted by Gasteiger charge is 2.14. The van der Waals surface area contributed by atoms with Gasteiger partial charge in [0.05, 0.1) is 5.69 Å². The highest BCUT2D eigenvalue weighted by atomic mass is 16.3. The summed E-state index contributed by atoms with van der Waals surface area (Å²) in [4.78, 5) is 11.3. The standard InChI is InChI=1S/C13H14N4O3/c14-16-13(20)17(15)8-5-6-10(12(19)7-8)9-3-1-2-4-11(9)18/h1-7,18-19H,14-15H2,(H,16,20). The Labute approximate surface area is 115 Å². The van der Waals surface area contributed by atoms with Crippen LogP contribution in [0.4, 0.5) is 10.5 Å². The molecule has 7 nitrogen and oxygen atoms in total. The monoisotopic (exact) mass is 274 g/mol. The van der Waals surface area contributed by atoms with Gasteiger partial charge in [-0.15, -0.1) is 0 Å². The van der Waals surface area contributed by atoms with Gasteiger partial charge in [-0.05, 0) is 18.2 Å². The molecule has 0 saturated heterocycles. The van der Waals surface area contributed by atoms with E-state index in [9.17, 15) is 15.0 Å². The van der Waals surface area contributed by atoms with Crippen LogP contribution in [0.2, 0.25) is 0 Å². The van der Waals surface area contributed by atoms with Crippen molar-refractivity contribution in [3.05, 3.63) is 42.5 Å². The lowest BCUT2D eigenvalue weighted by molar-refractivity contribution is 0.246. The number of nitrogens with one attached hydrogen (secondary N) is 1. The van der Waals surface area contributed by atoms with Crippen molar-refractivity contribution in [2.75, 3.05) is 5.01 Å². The number of carbonyl (C=O) groups excluding carboxylic acids is 1. The minimum atomic E-state index is -0.722. The SMILES string of the molecule is NNC(=O)N(N)c1ccc(-c2ccccc2O)c(O)c1. The Hall–Kier alpha value is -2.77. The first-order chi connectivity index (χ1) is 9.54. The molecule has 0 atom stereocenters. The summed E-state index contributed by atoms with van der Waals surface area (Å²) in [7, 11) is 0. The molecule has 0 aromatic heterocycles. The number of hydrazine groups is 2. The highest BCUT2D eigenvalue weighted by Crippen LogP contribution is 2.36. The van der Waals surface area contributed by atoms with Crippen LogP contribution >= 0.6 is 0 Å². The molecular formula is C13H14N4O3. The molecule has 0 saturated carbocycles. The Morgan fingerprint density at radius 3 is 2.30 bits per heavy atom. The fraction of sp³-hybridized carbons (Fsp3) is 0. The van der Waals surface area contributed by atoms with E-state index in [2.05, 4.69) is 0 Å². The van der Waals surface area contributed by atoms with E-state index in [0.29, 0.717) is 11.1 Å². The average Bonchev–Trinajstić information content (AvgIpc) is 2.46. The maximum absolute atomic E-state index is 11.3. The van der Waals surface area contributed by atoms with E-state index in [0.717, 1.165) is 5.01 Å². The Kier molecular flexibility index (Phi) is 3.74. The summed E-state index contributed by atoms with van der Waals surface area (Å²) in [5, 5.41) is 20.5.